The molecule has 0 aliphatic rings. The number of alkyl halides is 3. The lowest BCUT2D eigenvalue weighted by molar-refractivity contribution is -0.137. The van der Waals surface area contributed by atoms with Gasteiger partial charge in [0.1, 0.15) is 11.6 Å². The minimum atomic E-state index is -4.55. The van der Waals surface area contributed by atoms with Crippen molar-refractivity contribution in [2.75, 3.05) is 0 Å². The molecule has 0 amide bonds. The van der Waals surface area contributed by atoms with Gasteiger partial charge in [-0.05, 0) is 30.4 Å². The summed E-state index contributed by atoms with van der Waals surface area (Å²) in [5.74, 6) is -0.553. The van der Waals surface area contributed by atoms with Crippen molar-refractivity contribution in [2.45, 2.75) is 25.9 Å². The van der Waals surface area contributed by atoms with Crippen molar-refractivity contribution < 1.29 is 17.6 Å². The number of H-pyrrole nitrogens is 1. The Morgan fingerprint density at radius 1 is 1.30 bits per heavy atom. The van der Waals surface area contributed by atoms with Gasteiger partial charge < -0.3 is 0 Å². The highest BCUT2D eigenvalue weighted by Crippen LogP contribution is 2.32. The molecule has 20 heavy (non-hydrogen) atoms. The molecule has 0 radical (unpaired) electrons. The van der Waals surface area contributed by atoms with Crippen LogP contribution in [0.25, 0.3) is 5.69 Å². The number of aromatic nitrogens is 3. The van der Waals surface area contributed by atoms with Crippen LogP contribution in [0.4, 0.5) is 17.6 Å². The van der Waals surface area contributed by atoms with Crippen molar-refractivity contribution in [1.29, 1.82) is 0 Å². The van der Waals surface area contributed by atoms with Crippen molar-refractivity contribution in [3.8, 4) is 5.69 Å². The Labute approximate surface area is 117 Å². The molecule has 2 rings (SSSR count). The van der Waals surface area contributed by atoms with Crippen LogP contribution in [-0.2, 0) is 6.18 Å². The Morgan fingerprint density at radius 3 is 2.50 bits per heavy atom. The van der Waals surface area contributed by atoms with E-state index in [-0.39, 0.29) is 16.4 Å². The number of halogens is 4. The SMILES string of the molecule is CC(C)c1n[nH]c(=S)n1-c1cc(C(F)(F)F)ccc1F. The highest BCUT2D eigenvalue weighted by atomic mass is 32.1. The molecule has 0 aliphatic carbocycles. The standard InChI is InChI=1S/C12H11F4N3S/c1-6(2)10-17-18-11(20)19(10)9-5-7(12(14,15)16)3-4-8(9)13/h3-6H,1-2H3,(H,18,20). The van der Waals surface area contributed by atoms with Crippen LogP contribution in [0.2, 0.25) is 0 Å². The number of hydrogen-bond donors (Lipinski definition) is 1. The fourth-order valence-corrected chi connectivity index (χ4v) is 2.03. The zero-order valence-corrected chi connectivity index (χ0v) is 11.4. The van der Waals surface area contributed by atoms with Crippen LogP contribution < -0.4 is 0 Å². The smallest absolute Gasteiger partial charge is 0.269 e. The Kier molecular flexibility index (Phi) is 3.68. The molecular weight excluding hydrogens is 294 g/mol. The minimum Gasteiger partial charge on any atom is -0.269 e. The highest BCUT2D eigenvalue weighted by Gasteiger charge is 2.31. The van der Waals surface area contributed by atoms with Crippen LogP contribution in [0.5, 0.6) is 0 Å². The number of nitrogens with one attached hydrogen (secondary N) is 1. The van der Waals surface area contributed by atoms with Gasteiger partial charge in [-0.1, -0.05) is 13.8 Å². The van der Waals surface area contributed by atoms with Gasteiger partial charge in [-0.3, -0.25) is 9.67 Å². The summed E-state index contributed by atoms with van der Waals surface area (Å²) < 4.78 is 53.3. The summed E-state index contributed by atoms with van der Waals surface area (Å²) >= 11 is 4.97. The third-order valence-electron chi connectivity index (χ3n) is 2.73. The maximum absolute atomic E-state index is 13.9. The first-order chi connectivity index (χ1) is 9.21. The average molecular weight is 305 g/mol. The number of rotatable bonds is 2. The second kappa shape index (κ2) is 5.01. The number of benzene rings is 1. The normalized spacial score (nSPS) is 12.2. The molecule has 1 heterocycles. The molecule has 1 aromatic carbocycles. The van der Waals surface area contributed by atoms with Gasteiger partial charge in [0.25, 0.3) is 0 Å². The Bertz CT molecular complexity index is 685. The maximum atomic E-state index is 13.9. The van der Waals surface area contributed by atoms with Crippen LogP contribution in [0.1, 0.15) is 31.2 Å². The van der Waals surface area contributed by atoms with Crippen LogP contribution in [-0.4, -0.2) is 14.8 Å². The van der Waals surface area contributed by atoms with E-state index in [1.54, 1.807) is 13.8 Å². The average Bonchev–Trinajstić information content (AvgIpc) is 2.70. The molecule has 0 unspecified atom stereocenters. The predicted molar refractivity (Wildman–Crippen MR) is 67.8 cm³/mol. The van der Waals surface area contributed by atoms with Crippen molar-refractivity contribution >= 4 is 12.2 Å². The Hall–Kier alpha value is -1.70. The summed E-state index contributed by atoms with van der Waals surface area (Å²) in [4.78, 5) is 0. The topological polar surface area (TPSA) is 33.6 Å². The van der Waals surface area contributed by atoms with Gasteiger partial charge in [0.2, 0.25) is 0 Å². The summed E-state index contributed by atoms with van der Waals surface area (Å²) in [6.07, 6.45) is -4.55. The first-order valence-corrected chi connectivity index (χ1v) is 6.17. The summed E-state index contributed by atoms with van der Waals surface area (Å²) in [7, 11) is 0. The van der Waals surface area contributed by atoms with Crippen molar-refractivity contribution in [2.24, 2.45) is 0 Å². The zero-order valence-electron chi connectivity index (χ0n) is 10.6. The Balaban J connectivity index is 2.70. The fourth-order valence-electron chi connectivity index (χ4n) is 1.79. The lowest BCUT2D eigenvalue weighted by Crippen LogP contribution is -2.10. The first-order valence-electron chi connectivity index (χ1n) is 5.76. The van der Waals surface area contributed by atoms with Crippen LogP contribution in [0.15, 0.2) is 18.2 Å². The van der Waals surface area contributed by atoms with Crippen molar-refractivity contribution in [3.05, 3.63) is 40.2 Å². The molecule has 0 saturated heterocycles. The molecule has 0 spiro atoms. The van der Waals surface area contributed by atoms with Gasteiger partial charge in [0.15, 0.2) is 4.77 Å². The maximum Gasteiger partial charge on any atom is 0.416 e. The van der Waals surface area contributed by atoms with E-state index in [1.807, 2.05) is 0 Å². The molecule has 0 saturated carbocycles. The van der Waals surface area contributed by atoms with Crippen molar-refractivity contribution in [1.82, 2.24) is 14.8 Å². The van der Waals surface area contributed by atoms with Crippen molar-refractivity contribution in [3.63, 3.8) is 0 Å². The second-order valence-electron chi connectivity index (χ2n) is 4.54. The molecule has 3 nitrogen and oxygen atoms in total. The third kappa shape index (κ3) is 2.60. The number of hydrogen-bond acceptors (Lipinski definition) is 2. The molecule has 0 atom stereocenters. The minimum absolute atomic E-state index is 0.0481. The number of aromatic amines is 1. The van der Waals surface area contributed by atoms with E-state index in [0.29, 0.717) is 11.9 Å². The summed E-state index contributed by atoms with van der Waals surface area (Å²) in [5.41, 5.74) is -1.20. The van der Waals surface area contributed by atoms with E-state index in [4.69, 9.17) is 12.2 Å². The van der Waals surface area contributed by atoms with E-state index in [0.717, 1.165) is 12.1 Å². The van der Waals surface area contributed by atoms with Gasteiger partial charge in [0.05, 0.1) is 11.3 Å². The van der Waals surface area contributed by atoms with E-state index in [9.17, 15) is 17.6 Å². The van der Waals surface area contributed by atoms with Gasteiger partial charge in [0, 0.05) is 5.92 Å². The molecule has 0 fully saturated rings. The quantitative estimate of drug-likeness (QED) is 0.666. The lowest BCUT2D eigenvalue weighted by Gasteiger charge is -2.13. The molecular formula is C12H11F4N3S. The second-order valence-corrected chi connectivity index (χ2v) is 4.93. The lowest BCUT2D eigenvalue weighted by atomic mass is 10.1. The third-order valence-corrected chi connectivity index (χ3v) is 3.00. The van der Waals surface area contributed by atoms with E-state index < -0.39 is 17.6 Å². The van der Waals surface area contributed by atoms with Crippen LogP contribution >= 0.6 is 12.2 Å². The van der Waals surface area contributed by atoms with E-state index in [1.165, 1.54) is 4.57 Å². The van der Waals surface area contributed by atoms with E-state index >= 15 is 0 Å². The Morgan fingerprint density at radius 2 is 1.95 bits per heavy atom. The summed E-state index contributed by atoms with van der Waals surface area (Å²) in [6, 6.07) is 2.20. The molecule has 0 bridgehead atoms. The first kappa shape index (κ1) is 14.7. The van der Waals surface area contributed by atoms with Crippen LogP contribution in [0, 0.1) is 10.6 Å². The summed E-state index contributed by atoms with van der Waals surface area (Å²) in [6.45, 7) is 3.57. The van der Waals surface area contributed by atoms with Gasteiger partial charge in [-0.15, -0.1) is 0 Å². The van der Waals surface area contributed by atoms with E-state index in [2.05, 4.69) is 10.2 Å². The largest absolute Gasteiger partial charge is 0.416 e. The zero-order chi connectivity index (χ0) is 15.1. The van der Waals surface area contributed by atoms with Gasteiger partial charge in [-0.25, -0.2) is 4.39 Å². The molecule has 2 aromatic rings. The highest BCUT2D eigenvalue weighted by molar-refractivity contribution is 7.71. The van der Waals surface area contributed by atoms with Gasteiger partial charge >= 0.3 is 6.18 Å². The molecule has 1 N–H and O–H groups in total. The molecule has 0 aliphatic heterocycles. The fraction of sp³-hybridized carbons (Fsp3) is 0.333. The molecule has 8 heteroatoms. The number of nitrogens with zero attached hydrogens (tertiary/aromatic N) is 2. The van der Waals surface area contributed by atoms with Gasteiger partial charge in [-0.2, -0.15) is 18.3 Å². The molecule has 1 aromatic heterocycles. The molecule has 108 valence electrons. The summed E-state index contributed by atoms with van der Waals surface area (Å²) in [5, 5.41) is 6.39. The van der Waals surface area contributed by atoms with Crippen LogP contribution in [0.3, 0.4) is 0 Å². The predicted octanol–water partition coefficient (Wildman–Crippen LogP) is 4.21. The monoisotopic (exact) mass is 305 g/mol.